The molecule has 0 atom stereocenters. The first-order chi connectivity index (χ1) is 6.79. The third-order valence-electron chi connectivity index (χ3n) is 1.25. The average molecular weight is 228 g/mol. The molecule has 0 unspecified atom stereocenters. The maximum atomic E-state index is 5.19. The summed E-state index contributed by atoms with van der Waals surface area (Å²) >= 11 is 0. The highest BCUT2D eigenvalue weighted by molar-refractivity contribution is 8.76. The van der Waals surface area contributed by atoms with E-state index in [1.54, 1.807) is 27.8 Å². The van der Waals surface area contributed by atoms with Crippen molar-refractivity contribution in [1.29, 1.82) is 0 Å². The molecule has 0 fully saturated rings. The molecule has 0 aliphatic heterocycles. The van der Waals surface area contributed by atoms with Crippen molar-refractivity contribution in [3.8, 4) is 0 Å². The number of guanidine groups is 1. The summed E-state index contributed by atoms with van der Waals surface area (Å²) in [5.41, 5.74) is 10.4. The van der Waals surface area contributed by atoms with E-state index < -0.39 is 0 Å². The van der Waals surface area contributed by atoms with E-state index in [1.165, 1.54) is 0 Å². The maximum Gasteiger partial charge on any atom is 0.185 e. The first-order valence-electron chi connectivity index (χ1n) is 4.05. The predicted octanol–water partition coefficient (Wildman–Crippen LogP) is 1.10. The average Bonchev–Trinajstić information content (AvgIpc) is 2.18. The molecule has 4 nitrogen and oxygen atoms in total. The lowest BCUT2D eigenvalue weighted by molar-refractivity contribution is 1.13. The summed E-state index contributed by atoms with van der Waals surface area (Å²) in [6, 6.07) is 5.83. The molecular formula is C8H12N4S2. The standard InChI is InChI=1S/C8H12N4S2/c9-8(10)12-5-6-13-14-7-3-1-2-4-11-7/h1-4H,5-6H2,(H4,9,10,12). The van der Waals surface area contributed by atoms with E-state index in [0.29, 0.717) is 6.54 Å². The highest BCUT2D eigenvalue weighted by Gasteiger charge is 1.93. The van der Waals surface area contributed by atoms with E-state index in [0.717, 1.165) is 10.8 Å². The lowest BCUT2D eigenvalue weighted by Crippen LogP contribution is -2.23. The summed E-state index contributed by atoms with van der Waals surface area (Å²) < 4.78 is 0. The van der Waals surface area contributed by atoms with E-state index >= 15 is 0 Å². The van der Waals surface area contributed by atoms with Crippen molar-refractivity contribution in [2.24, 2.45) is 16.5 Å². The van der Waals surface area contributed by atoms with Crippen LogP contribution >= 0.6 is 21.6 Å². The Morgan fingerprint density at radius 1 is 1.43 bits per heavy atom. The zero-order chi connectivity index (χ0) is 10.2. The first kappa shape index (κ1) is 11.2. The number of hydrogen-bond donors (Lipinski definition) is 2. The minimum absolute atomic E-state index is 0.147. The Labute approximate surface area is 91.0 Å². The Hall–Kier alpha value is -0.880. The molecule has 0 bridgehead atoms. The van der Waals surface area contributed by atoms with Gasteiger partial charge in [0.1, 0.15) is 5.03 Å². The molecule has 1 aromatic heterocycles. The zero-order valence-corrected chi connectivity index (χ0v) is 9.22. The minimum atomic E-state index is 0.147. The third-order valence-corrected chi connectivity index (χ3v) is 3.50. The molecule has 0 radical (unpaired) electrons. The molecule has 1 rings (SSSR count). The molecule has 14 heavy (non-hydrogen) atoms. The zero-order valence-electron chi connectivity index (χ0n) is 7.59. The van der Waals surface area contributed by atoms with Gasteiger partial charge in [0, 0.05) is 11.9 Å². The molecule has 0 saturated heterocycles. The predicted molar refractivity (Wildman–Crippen MR) is 63.2 cm³/mol. The topological polar surface area (TPSA) is 77.3 Å². The van der Waals surface area contributed by atoms with Crippen molar-refractivity contribution in [3.05, 3.63) is 24.4 Å². The molecule has 4 N–H and O–H groups in total. The Kier molecular flexibility index (Phi) is 5.24. The van der Waals surface area contributed by atoms with Crippen LogP contribution in [0.25, 0.3) is 0 Å². The molecule has 76 valence electrons. The summed E-state index contributed by atoms with van der Waals surface area (Å²) in [6.07, 6.45) is 1.78. The molecule has 1 aromatic rings. The van der Waals surface area contributed by atoms with Crippen molar-refractivity contribution in [2.45, 2.75) is 5.03 Å². The van der Waals surface area contributed by atoms with Crippen LogP contribution < -0.4 is 11.5 Å². The molecule has 0 spiro atoms. The summed E-state index contributed by atoms with van der Waals surface area (Å²) in [7, 11) is 3.31. The number of aliphatic imine (C=N–C) groups is 1. The number of rotatable bonds is 5. The van der Waals surface area contributed by atoms with Crippen molar-refractivity contribution in [1.82, 2.24) is 4.98 Å². The summed E-state index contributed by atoms with van der Waals surface area (Å²) in [5.74, 6) is 1.02. The van der Waals surface area contributed by atoms with Crippen molar-refractivity contribution in [2.75, 3.05) is 12.3 Å². The van der Waals surface area contributed by atoms with Crippen molar-refractivity contribution in [3.63, 3.8) is 0 Å². The second-order valence-electron chi connectivity index (χ2n) is 2.38. The summed E-state index contributed by atoms with van der Waals surface area (Å²) in [4.78, 5) is 8.04. The monoisotopic (exact) mass is 228 g/mol. The summed E-state index contributed by atoms with van der Waals surface area (Å²) in [6.45, 7) is 0.646. The lowest BCUT2D eigenvalue weighted by atomic mass is 10.5. The molecule has 0 aliphatic carbocycles. The lowest BCUT2D eigenvalue weighted by Gasteiger charge is -1.97. The molecular weight excluding hydrogens is 216 g/mol. The normalized spacial score (nSPS) is 9.71. The molecule has 0 aliphatic rings. The Bertz CT molecular complexity index is 285. The van der Waals surface area contributed by atoms with Gasteiger partial charge in [0.25, 0.3) is 0 Å². The van der Waals surface area contributed by atoms with Gasteiger partial charge < -0.3 is 11.5 Å². The second kappa shape index (κ2) is 6.56. The van der Waals surface area contributed by atoms with Gasteiger partial charge in [-0.3, -0.25) is 4.99 Å². The highest BCUT2D eigenvalue weighted by Crippen LogP contribution is 2.28. The van der Waals surface area contributed by atoms with Gasteiger partial charge in [-0.2, -0.15) is 0 Å². The fourth-order valence-electron chi connectivity index (χ4n) is 0.710. The minimum Gasteiger partial charge on any atom is -0.370 e. The van der Waals surface area contributed by atoms with E-state index in [9.17, 15) is 0 Å². The second-order valence-corrected chi connectivity index (χ2v) is 4.82. The van der Waals surface area contributed by atoms with Crippen LogP contribution in [0.4, 0.5) is 0 Å². The molecule has 0 saturated carbocycles. The number of nitrogens with zero attached hydrogens (tertiary/aromatic N) is 2. The Morgan fingerprint density at radius 3 is 2.93 bits per heavy atom. The van der Waals surface area contributed by atoms with E-state index in [4.69, 9.17) is 11.5 Å². The van der Waals surface area contributed by atoms with Crippen LogP contribution in [0.2, 0.25) is 0 Å². The molecule has 6 heteroatoms. The Balaban J connectivity index is 2.14. The van der Waals surface area contributed by atoms with Gasteiger partial charge in [-0.1, -0.05) is 16.9 Å². The number of hydrogen-bond acceptors (Lipinski definition) is 4. The van der Waals surface area contributed by atoms with Crippen LogP contribution in [0.5, 0.6) is 0 Å². The van der Waals surface area contributed by atoms with Gasteiger partial charge >= 0.3 is 0 Å². The van der Waals surface area contributed by atoms with Crippen LogP contribution in [-0.4, -0.2) is 23.2 Å². The van der Waals surface area contributed by atoms with Gasteiger partial charge in [0.2, 0.25) is 0 Å². The van der Waals surface area contributed by atoms with E-state index in [-0.39, 0.29) is 5.96 Å². The number of aromatic nitrogens is 1. The van der Waals surface area contributed by atoms with Gasteiger partial charge in [-0.05, 0) is 22.9 Å². The van der Waals surface area contributed by atoms with Crippen LogP contribution in [0.3, 0.4) is 0 Å². The van der Waals surface area contributed by atoms with Gasteiger partial charge in [-0.25, -0.2) is 4.98 Å². The smallest absolute Gasteiger partial charge is 0.185 e. The third kappa shape index (κ3) is 4.98. The maximum absolute atomic E-state index is 5.19. The van der Waals surface area contributed by atoms with Gasteiger partial charge in [0.15, 0.2) is 5.96 Å². The van der Waals surface area contributed by atoms with E-state index in [1.807, 2.05) is 18.2 Å². The van der Waals surface area contributed by atoms with Crippen molar-refractivity contribution >= 4 is 27.5 Å². The van der Waals surface area contributed by atoms with Crippen molar-refractivity contribution < 1.29 is 0 Å². The Morgan fingerprint density at radius 2 is 2.29 bits per heavy atom. The largest absolute Gasteiger partial charge is 0.370 e. The first-order valence-corrected chi connectivity index (χ1v) is 6.37. The fraction of sp³-hybridized carbons (Fsp3) is 0.250. The quantitative estimate of drug-likeness (QED) is 0.341. The number of nitrogens with two attached hydrogens (primary N) is 2. The number of pyridine rings is 1. The van der Waals surface area contributed by atoms with E-state index in [2.05, 4.69) is 9.98 Å². The molecule has 0 amide bonds. The van der Waals surface area contributed by atoms with Gasteiger partial charge in [-0.15, -0.1) is 0 Å². The molecule has 1 heterocycles. The van der Waals surface area contributed by atoms with Crippen LogP contribution in [0, 0.1) is 0 Å². The van der Waals surface area contributed by atoms with Crippen LogP contribution in [0.15, 0.2) is 34.4 Å². The van der Waals surface area contributed by atoms with Crippen LogP contribution in [-0.2, 0) is 0 Å². The summed E-state index contributed by atoms with van der Waals surface area (Å²) in [5, 5.41) is 1.00. The van der Waals surface area contributed by atoms with Gasteiger partial charge in [0.05, 0.1) is 6.54 Å². The van der Waals surface area contributed by atoms with Crippen LogP contribution in [0.1, 0.15) is 0 Å². The molecule has 0 aromatic carbocycles. The highest BCUT2D eigenvalue weighted by atomic mass is 33.1. The fourth-order valence-corrected chi connectivity index (χ4v) is 2.45. The SMILES string of the molecule is NC(N)=NCCSSc1ccccn1.